The van der Waals surface area contributed by atoms with Crippen LogP contribution in [-0.2, 0) is 13.5 Å². The summed E-state index contributed by atoms with van der Waals surface area (Å²) in [4.78, 5) is 10.2. The topological polar surface area (TPSA) is 111 Å². The molecular formula is C12H11N5O2. The van der Waals surface area contributed by atoms with Crippen LogP contribution in [0.3, 0.4) is 0 Å². The number of hydrogen-bond acceptors (Lipinski definition) is 5. The van der Waals surface area contributed by atoms with Crippen molar-refractivity contribution in [2.24, 2.45) is 7.05 Å². The Morgan fingerprint density at radius 1 is 1.58 bits per heavy atom. The first-order valence-electron chi connectivity index (χ1n) is 5.47. The Morgan fingerprint density at radius 3 is 2.95 bits per heavy atom. The van der Waals surface area contributed by atoms with Gasteiger partial charge in [0.25, 0.3) is 5.69 Å². The molecule has 0 spiro atoms. The van der Waals surface area contributed by atoms with Gasteiger partial charge in [-0.2, -0.15) is 10.4 Å². The van der Waals surface area contributed by atoms with Crippen molar-refractivity contribution < 1.29 is 4.92 Å². The average molecular weight is 257 g/mol. The van der Waals surface area contributed by atoms with Crippen LogP contribution in [0.5, 0.6) is 0 Å². The molecule has 0 fully saturated rings. The lowest BCUT2D eigenvalue weighted by Crippen LogP contribution is -1.98. The van der Waals surface area contributed by atoms with Gasteiger partial charge in [0.05, 0.1) is 10.6 Å². The Kier molecular flexibility index (Phi) is 3.16. The van der Waals surface area contributed by atoms with Gasteiger partial charge in [-0.05, 0) is 5.56 Å². The number of benzene rings is 1. The summed E-state index contributed by atoms with van der Waals surface area (Å²) in [5.74, 6) is 0.294. The first-order chi connectivity index (χ1) is 9.02. The average Bonchev–Trinajstić information content (AvgIpc) is 2.64. The van der Waals surface area contributed by atoms with Crippen LogP contribution in [0.25, 0.3) is 0 Å². The highest BCUT2D eigenvalue weighted by Crippen LogP contribution is 2.20. The van der Waals surface area contributed by atoms with E-state index in [1.165, 1.54) is 16.8 Å². The number of rotatable bonds is 3. The predicted molar refractivity (Wildman–Crippen MR) is 68.2 cm³/mol. The lowest BCUT2D eigenvalue weighted by Gasteiger charge is -1.99. The number of aromatic nitrogens is 2. The summed E-state index contributed by atoms with van der Waals surface area (Å²) < 4.78 is 1.42. The maximum Gasteiger partial charge on any atom is 0.269 e. The van der Waals surface area contributed by atoms with E-state index in [0.717, 1.165) is 0 Å². The third kappa shape index (κ3) is 2.37. The monoisotopic (exact) mass is 257 g/mol. The van der Waals surface area contributed by atoms with E-state index < -0.39 is 4.92 Å². The van der Waals surface area contributed by atoms with Crippen LogP contribution in [-0.4, -0.2) is 14.7 Å². The number of anilines is 1. The Morgan fingerprint density at radius 2 is 2.32 bits per heavy atom. The van der Waals surface area contributed by atoms with Crippen molar-refractivity contribution in [3.8, 4) is 6.07 Å². The zero-order chi connectivity index (χ0) is 14.0. The molecule has 1 aromatic carbocycles. The number of nitro groups is 1. The molecule has 2 N–H and O–H groups in total. The maximum absolute atomic E-state index is 10.7. The molecule has 96 valence electrons. The molecule has 1 aromatic heterocycles. The fourth-order valence-corrected chi connectivity index (χ4v) is 1.81. The summed E-state index contributed by atoms with van der Waals surface area (Å²) in [5.41, 5.74) is 7.27. The van der Waals surface area contributed by atoms with Crippen molar-refractivity contribution in [1.82, 2.24) is 9.78 Å². The molecule has 0 saturated heterocycles. The van der Waals surface area contributed by atoms with E-state index in [4.69, 9.17) is 11.0 Å². The van der Waals surface area contributed by atoms with Gasteiger partial charge in [-0.3, -0.25) is 14.8 Å². The smallest absolute Gasteiger partial charge is 0.269 e. The van der Waals surface area contributed by atoms with E-state index in [1.54, 1.807) is 19.2 Å². The second-order valence-electron chi connectivity index (χ2n) is 4.05. The summed E-state index contributed by atoms with van der Waals surface area (Å²) >= 11 is 0. The number of nitriles is 1. The van der Waals surface area contributed by atoms with Gasteiger partial charge in [-0.25, -0.2) is 0 Å². The standard InChI is InChI=1S/C12H11N5O2/c1-16-12(14)10(7-13)11(15-16)6-8-3-2-4-9(5-8)17(18)19/h2-5H,6,14H2,1H3. The zero-order valence-corrected chi connectivity index (χ0v) is 10.2. The molecule has 0 atom stereocenters. The number of nitrogens with zero attached hydrogens (tertiary/aromatic N) is 4. The first-order valence-corrected chi connectivity index (χ1v) is 5.47. The van der Waals surface area contributed by atoms with Crippen LogP contribution < -0.4 is 5.73 Å². The van der Waals surface area contributed by atoms with Gasteiger partial charge < -0.3 is 5.73 Å². The van der Waals surface area contributed by atoms with Crippen LogP contribution in [0, 0.1) is 21.4 Å². The highest BCUT2D eigenvalue weighted by atomic mass is 16.6. The highest BCUT2D eigenvalue weighted by Gasteiger charge is 2.15. The fourth-order valence-electron chi connectivity index (χ4n) is 1.81. The Balaban J connectivity index is 2.37. The minimum atomic E-state index is -0.457. The van der Waals surface area contributed by atoms with Gasteiger partial charge in [0.1, 0.15) is 17.5 Å². The summed E-state index contributed by atoms with van der Waals surface area (Å²) in [6, 6.07) is 8.23. The largest absolute Gasteiger partial charge is 0.383 e. The molecular weight excluding hydrogens is 246 g/mol. The fraction of sp³-hybridized carbons (Fsp3) is 0.167. The van der Waals surface area contributed by atoms with Crippen LogP contribution in [0.15, 0.2) is 24.3 Å². The summed E-state index contributed by atoms with van der Waals surface area (Å²) in [6.45, 7) is 0. The lowest BCUT2D eigenvalue weighted by atomic mass is 10.1. The third-order valence-electron chi connectivity index (χ3n) is 2.77. The Labute approximate surface area is 109 Å². The molecule has 1 heterocycles. The molecule has 0 aliphatic carbocycles. The van der Waals surface area contributed by atoms with E-state index in [0.29, 0.717) is 29.1 Å². The molecule has 2 rings (SSSR count). The van der Waals surface area contributed by atoms with Crippen molar-refractivity contribution in [3.05, 3.63) is 51.2 Å². The van der Waals surface area contributed by atoms with Crippen molar-refractivity contribution in [2.75, 3.05) is 5.73 Å². The number of aryl methyl sites for hydroxylation is 1. The van der Waals surface area contributed by atoms with Gasteiger partial charge >= 0.3 is 0 Å². The van der Waals surface area contributed by atoms with Crippen molar-refractivity contribution in [1.29, 1.82) is 5.26 Å². The van der Waals surface area contributed by atoms with Gasteiger partial charge in [0.2, 0.25) is 0 Å². The van der Waals surface area contributed by atoms with Gasteiger partial charge in [-0.15, -0.1) is 0 Å². The molecule has 0 saturated carbocycles. The second kappa shape index (κ2) is 4.78. The summed E-state index contributed by atoms with van der Waals surface area (Å²) in [7, 11) is 1.65. The number of non-ortho nitro benzene ring substituents is 1. The van der Waals surface area contributed by atoms with Crippen LogP contribution in [0.2, 0.25) is 0 Å². The number of nitro benzene ring substituents is 1. The second-order valence-corrected chi connectivity index (χ2v) is 4.05. The highest BCUT2D eigenvalue weighted by molar-refractivity contribution is 5.53. The van der Waals surface area contributed by atoms with Crippen LogP contribution in [0.4, 0.5) is 11.5 Å². The quantitative estimate of drug-likeness (QED) is 0.659. The maximum atomic E-state index is 10.7. The van der Waals surface area contributed by atoms with Crippen LogP contribution >= 0.6 is 0 Å². The summed E-state index contributed by atoms with van der Waals surface area (Å²) in [5, 5.41) is 23.9. The van der Waals surface area contributed by atoms with Crippen molar-refractivity contribution >= 4 is 11.5 Å². The minimum absolute atomic E-state index is 0.0138. The van der Waals surface area contributed by atoms with E-state index >= 15 is 0 Å². The van der Waals surface area contributed by atoms with Gasteiger partial charge in [0, 0.05) is 25.6 Å². The molecule has 0 aliphatic heterocycles. The summed E-state index contributed by atoms with van der Waals surface area (Å²) in [6.07, 6.45) is 0.329. The first kappa shape index (κ1) is 12.6. The molecule has 7 nitrogen and oxygen atoms in total. The van der Waals surface area contributed by atoms with Crippen molar-refractivity contribution in [2.45, 2.75) is 6.42 Å². The molecule has 0 amide bonds. The molecule has 19 heavy (non-hydrogen) atoms. The van der Waals surface area contributed by atoms with E-state index in [9.17, 15) is 10.1 Å². The number of nitrogens with two attached hydrogens (primary N) is 1. The number of hydrogen-bond donors (Lipinski definition) is 1. The normalized spacial score (nSPS) is 10.1. The molecule has 2 aromatic rings. The van der Waals surface area contributed by atoms with Gasteiger partial charge in [0.15, 0.2) is 0 Å². The predicted octanol–water partition coefficient (Wildman–Crippen LogP) is 1.37. The molecule has 0 bridgehead atoms. The third-order valence-corrected chi connectivity index (χ3v) is 2.77. The molecule has 0 unspecified atom stereocenters. The van der Waals surface area contributed by atoms with E-state index in [-0.39, 0.29) is 5.69 Å². The minimum Gasteiger partial charge on any atom is -0.383 e. The van der Waals surface area contributed by atoms with Crippen molar-refractivity contribution in [3.63, 3.8) is 0 Å². The van der Waals surface area contributed by atoms with E-state index in [2.05, 4.69) is 5.10 Å². The van der Waals surface area contributed by atoms with Crippen LogP contribution in [0.1, 0.15) is 16.8 Å². The zero-order valence-electron chi connectivity index (χ0n) is 10.2. The SMILES string of the molecule is Cn1nc(Cc2cccc([N+](=O)[O-])c2)c(C#N)c1N. The van der Waals surface area contributed by atoms with Gasteiger partial charge in [-0.1, -0.05) is 12.1 Å². The molecule has 7 heteroatoms. The lowest BCUT2D eigenvalue weighted by molar-refractivity contribution is -0.384. The molecule has 0 aliphatic rings. The van der Waals surface area contributed by atoms with E-state index in [1.807, 2.05) is 6.07 Å². The Bertz CT molecular complexity index is 684. The number of nitrogen functional groups attached to an aromatic ring is 1. The Hall–Kier alpha value is -2.88. The molecule has 0 radical (unpaired) electrons.